The van der Waals surface area contributed by atoms with Gasteiger partial charge < -0.3 is 15.2 Å². The van der Waals surface area contributed by atoms with E-state index in [-0.39, 0.29) is 12.2 Å². The minimum absolute atomic E-state index is 0.0635. The maximum Gasteiger partial charge on any atom is 0.138 e. The third-order valence-corrected chi connectivity index (χ3v) is 3.19. The summed E-state index contributed by atoms with van der Waals surface area (Å²) >= 11 is 0. The first-order valence-corrected chi connectivity index (χ1v) is 6.68. The molecule has 1 aromatic heterocycles. The molecule has 0 amide bonds. The fraction of sp³-hybridized carbons (Fsp3) is 0.643. The summed E-state index contributed by atoms with van der Waals surface area (Å²) in [5, 5.41) is 13.0. The van der Waals surface area contributed by atoms with Crippen molar-refractivity contribution in [3.05, 3.63) is 24.0 Å². The first-order valence-electron chi connectivity index (χ1n) is 6.68. The normalized spacial score (nSPS) is 23.6. The van der Waals surface area contributed by atoms with Gasteiger partial charge in [0.2, 0.25) is 0 Å². The predicted octanol–water partition coefficient (Wildman–Crippen LogP) is 1.87. The predicted molar refractivity (Wildman–Crippen MR) is 70.5 cm³/mol. The number of ether oxygens (including phenoxy) is 1. The number of pyridine rings is 1. The van der Waals surface area contributed by atoms with Crippen LogP contribution in [0.5, 0.6) is 5.75 Å². The second-order valence-corrected chi connectivity index (χ2v) is 5.18. The smallest absolute Gasteiger partial charge is 0.138 e. The Balaban J connectivity index is 1.87. The highest BCUT2D eigenvalue weighted by Crippen LogP contribution is 2.24. The summed E-state index contributed by atoms with van der Waals surface area (Å²) in [5.41, 5.74) is 1.00. The molecule has 2 atom stereocenters. The van der Waals surface area contributed by atoms with Crippen molar-refractivity contribution in [3.8, 4) is 5.75 Å². The molecule has 1 aromatic rings. The zero-order valence-electron chi connectivity index (χ0n) is 11.1. The quantitative estimate of drug-likeness (QED) is 0.837. The molecule has 4 nitrogen and oxygen atoms in total. The molecule has 100 valence electrons. The van der Waals surface area contributed by atoms with Crippen LogP contribution in [0.25, 0.3) is 0 Å². The average molecular weight is 250 g/mol. The highest BCUT2D eigenvalue weighted by molar-refractivity contribution is 5.20. The van der Waals surface area contributed by atoms with Crippen molar-refractivity contribution in [2.24, 2.45) is 0 Å². The Morgan fingerprint density at radius 3 is 2.83 bits per heavy atom. The molecule has 2 N–H and O–H groups in total. The lowest BCUT2D eigenvalue weighted by Gasteiger charge is -2.17. The van der Waals surface area contributed by atoms with Crippen LogP contribution in [-0.4, -0.2) is 28.3 Å². The first-order chi connectivity index (χ1) is 8.65. The van der Waals surface area contributed by atoms with Crippen LogP contribution in [0.2, 0.25) is 0 Å². The van der Waals surface area contributed by atoms with Crippen molar-refractivity contribution in [2.45, 2.75) is 57.9 Å². The molecule has 2 rings (SSSR count). The number of aromatic nitrogens is 1. The van der Waals surface area contributed by atoms with E-state index in [1.54, 1.807) is 6.20 Å². The Bertz CT molecular complexity index is 365. The maximum atomic E-state index is 9.69. The van der Waals surface area contributed by atoms with Gasteiger partial charge in [-0.25, -0.2) is 0 Å². The standard InChI is InChI=1S/C14H22N2O2/c1-10(2)15-8-11-6-7-12(9-16-11)18-14-5-3-4-13(14)17/h6-7,9-10,13-15,17H,3-5,8H2,1-2H3. The third-order valence-electron chi connectivity index (χ3n) is 3.19. The van der Waals surface area contributed by atoms with Gasteiger partial charge in [-0.3, -0.25) is 4.98 Å². The molecule has 1 saturated carbocycles. The van der Waals surface area contributed by atoms with Gasteiger partial charge in [0.25, 0.3) is 0 Å². The minimum atomic E-state index is -0.327. The molecule has 1 aliphatic rings. The van der Waals surface area contributed by atoms with Crippen molar-refractivity contribution >= 4 is 0 Å². The van der Waals surface area contributed by atoms with Gasteiger partial charge in [-0.1, -0.05) is 13.8 Å². The lowest BCUT2D eigenvalue weighted by molar-refractivity contribution is 0.0601. The highest BCUT2D eigenvalue weighted by atomic mass is 16.5. The number of rotatable bonds is 5. The summed E-state index contributed by atoms with van der Waals surface area (Å²) in [7, 11) is 0. The number of aliphatic hydroxyl groups is 1. The van der Waals surface area contributed by atoms with Gasteiger partial charge in [0.1, 0.15) is 11.9 Å². The molecule has 18 heavy (non-hydrogen) atoms. The van der Waals surface area contributed by atoms with Gasteiger partial charge in [0.05, 0.1) is 18.0 Å². The van der Waals surface area contributed by atoms with Crippen LogP contribution in [0.1, 0.15) is 38.8 Å². The molecule has 1 fully saturated rings. The van der Waals surface area contributed by atoms with Gasteiger partial charge in [-0.2, -0.15) is 0 Å². The fourth-order valence-electron chi connectivity index (χ4n) is 2.11. The molecule has 0 saturated heterocycles. The van der Waals surface area contributed by atoms with Gasteiger partial charge >= 0.3 is 0 Å². The Labute approximate surface area is 108 Å². The molecule has 0 bridgehead atoms. The van der Waals surface area contributed by atoms with Crippen LogP contribution in [0.15, 0.2) is 18.3 Å². The summed E-state index contributed by atoms with van der Waals surface area (Å²) < 4.78 is 5.74. The van der Waals surface area contributed by atoms with Crippen molar-refractivity contribution in [1.29, 1.82) is 0 Å². The van der Waals surface area contributed by atoms with E-state index in [0.29, 0.717) is 6.04 Å². The third kappa shape index (κ3) is 3.68. The second-order valence-electron chi connectivity index (χ2n) is 5.18. The van der Waals surface area contributed by atoms with Crippen molar-refractivity contribution in [1.82, 2.24) is 10.3 Å². The lowest BCUT2D eigenvalue weighted by atomic mass is 10.2. The minimum Gasteiger partial charge on any atom is -0.486 e. The van der Waals surface area contributed by atoms with E-state index in [2.05, 4.69) is 24.1 Å². The Morgan fingerprint density at radius 2 is 2.28 bits per heavy atom. The summed E-state index contributed by atoms with van der Waals surface area (Å²) in [5.74, 6) is 0.745. The maximum absolute atomic E-state index is 9.69. The van der Waals surface area contributed by atoms with E-state index in [1.807, 2.05) is 12.1 Å². The van der Waals surface area contributed by atoms with Crippen molar-refractivity contribution in [2.75, 3.05) is 0 Å². The molecular formula is C14H22N2O2. The number of hydrogen-bond donors (Lipinski definition) is 2. The molecule has 2 unspecified atom stereocenters. The molecule has 0 radical (unpaired) electrons. The molecule has 1 aliphatic carbocycles. The Hall–Kier alpha value is -1.13. The van der Waals surface area contributed by atoms with Crippen LogP contribution in [-0.2, 0) is 6.54 Å². The van der Waals surface area contributed by atoms with E-state index in [9.17, 15) is 5.11 Å². The number of nitrogens with one attached hydrogen (secondary N) is 1. The second kappa shape index (κ2) is 6.16. The average Bonchev–Trinajstić information content (AvgIpc) is 2.74. The van der Waals surface area contributed by atoms with Crippen LogP contribution >= 0.6 is 0 Å². The van der Waals surface area contributed by atoms with Crippen molar-refractivity contribution < 1.29 is 9.84 Å². The highest BCUT2D eigenvalue weighted by Gasteiger charge is 2.26. The summed E-state index contributed by atoms with van der Waals surface area (Å²) in [6.45, 7) is 4.99. The van der Waals surface area contributed by atoms with Crippen LogP contribution in [0, 0.1) is 0 Å². The van der Waals surface area contributed by atoms with E-state index in [0.717, 1.165) is 37.3 Å². The summed E-state index contributed by atoms with van der Waals surface area (Å²) in [4.78, 5) is 4.35. The van der Waals surface area contributed by atoms with Crippen LogP contribution in [0.4, 0.5) is 0 Å². The van der Waals surface area contributed by atoms with E-state index >= 15 is 0 Å². The summed E-state index contributed by atoms with van der Waals surface area (Å²) in [6, 6.07) is 4.35. The monoisotopic (exact) mass is 250 g/mol. The van der Waals surface area contributed by atoms with E-state index in [4.69, 9.17) is 4.74 Å². The SMILES string of the molecule is CC(C)NCc1ccc(OC2CCCC2O)cn1. The first kappa shape index (κ1) is 13.3. The molecule has 0 aromatic carbocycles. The number of nitrogens with zero attached hydrogens (tertiary/aromatic N) is 1. The molecule has 1 heterocycles. The molecule has 0 spiro atoms. The number of hydrogen-bond acceptors (Lipinski definition) is 4. The number of aliphatic hydroxyl groups excluding tert-OH is 1. The lowest BCUT2D eigenvalue weighted by Crippen LogP contribution is -2.25. The van der Waals surface area contributed by atoms with Gasteiger partial charge in [-0.15, -0.1) is 0 Å². The molecule has 4 heteroatoms. The van der Waals surface area contributed by atoms with Gasteiger partial charge in [-0.05, 0) is 31.4 Å². The van der Waals surface area contributed by atoms with Crippen molar-refractivity contribution in [3.63, 3.8) is 0 Å². The topological polar surface area (TPSA) is 54.4 Å². The van der Waals surface area contributed by atoms with E-state index < -0.39 is 0 Å². The fourth-order valence-corrected chi connectivity index (χ4v) is 2.11. The zero-order valence-corrected chi connectivity index (χ0v) is 11.1. The van der Waals surface area contributed by atoms with Crippen LogP contribution in [0.3, 0.4) is 0 Å². The zero-order chi connectivity index (χ0) is 13.0. The largest absolute Gasteiger partial charge is 0.486 e. The Kier molecular flexibility index (Phi) is 4.55. The Morgan fingerprint density at radius 1 is 1.44 bits per heavy atom. The van der Waals surface area contributed by atoms with Crippen LogP contribution < -0.4 is 10.1 Å². The molecular weight excluding hydrogens is 228 g/mol. The summed E-state index contributed by atoms with van der Waals surface area (Å²) in [6.07, 6.45) is 4.16. The van der Waals surface area contributed by atoms with E-state index in [1.165, 1.54) is 0 Å². The molecule has 0 aliphatic heterocycles. The van der Waals surface area contributed by atoms with Gasteiger partial charge in [0, 0.05) is 12.6 Å². The van der Waals surface area contributed by atoms with Gasteiger partial charge in [0.15, 0.2) is 0 Å².